The Morgan fingerprint density at radius 2 is 1.95 bits per heavy atom. The van der Waals surface area contributed by atoms with Gasteiger partial charge in [-0.3, -0.25) is 0 Å². The van der Waals surface area contributed by atoms with Crippen LogP contribution in [0.25, 0.3) is 0 Å². The van der Waals surface area contributed by atoms with Crippen LogP contribution in [0.15, 0.2) is 23.1 Å². The number of hydrogen-bond donors (Lipinski definition) is 3. The Bertz CT molecular complexity index is 581. The molecule has 0 saturated heterocycles. The summed E-state index contributed by atoms with van der Waals surface area (Å²) in [6.07, 6.45) is 7.00. The van der Waals surface area contributed by atoms with E-state index in [1.807, 2.05) is 11.8 Å². The van der Waals surface area contributed by atoms with Crippen LogP contribution in [0.5, 0.6) is 0 Å². The standard InChI is InChI=1S/C13H21N3O2S2/c1-19-13(4-2-3-5-13)9-16-11-6-10(14)7-12(8-11)20(15,17)18/h6-8,16H,2-5,9,14H2,1H3,(H2,15,17,18). The number of thioether (sulfide) groups is 1. The number of anilines is 2. The molecule has 20 heavy (non-hydrogen) atoms. The molecule has 2 rings (SSSR count). The van der Waals surface area contributed by atoms with Gasteiger partial charge in [0.25, 0.3) is 0 Å². The average molecular weight is 315 g/mol. The molecular weight excluding hydrogens is 294 g/mol. The summed E-state index contributed by atoms with van der Waals surface area (Å²) in [5.74, 6) is 0. The lowest BCUT2D eigenvalue weighted by molar-refractivity contribution is 0.598. The van der Waals surface area contributed by atoms with Gasteiger partial charge in [0, 0.05) is 22.7 Å². The molecule has 0 atom stereocenters. The lowest BCUT2D eigenvalue weighted by Gasteiger charge is -2.27. The molecule has 112 valence electrons. The molecule has 1 aliphatic carbocycles. The van der Waals surface area contributed by atoms with Gasteiger partial charge < -0.3 is 11.1 Å². The number of rotatable bonds is 5. The van der Waals surface area contributed by atoms with Gasteiger partial charge in [0.05, 0.1) is 4.90 Å². The molecule has 0 unspecified atom stereocenters. The first-order chi connectivity index (χ1) is 9.35. The molecule has 5 N–H and O–H groups in total. The Labute approximate surface area is 124 Å². The zero-order valence-corrected chi connectivity index (χ0v) is 13.2. The van der Waals surface area contributed by atoms with Gasteiger partial charge in [0.1, 0.15) is 0 Å². The van der Waals surface area contributed by atoms with Crippen molar-refractivity contribution in [2.45, 2.75) is 35.3 Å². The summed E-state index contributed by atoms with van der Waals surface area (Å²) in [5, 5.41) is 8.46. The van der Waals surface area contributed by atoms with Gasteiger partial charge >= 0.3 is 0 Å². The SMILES string of the molecule is CSC1(CNc2cc(N)cc(S(N)(=O)=O)c2)CCCC1. The van der Waals surface area contributed by atoms with Crippen LogP contribution in [-0.2, 0) is 10.0 Å². The third kappa shape index (κ3) is 3.59. The fourth-order valence-corrected chi connectivity index (χ4v) is 4.13. The summed E-state index contributed by atoms with van der Waals surface area (Å²) < 4.78 is 23.1. The van der Waals surface area contributed by atoms with Gasteiger partial charge in [0.15, 0.2) is 0 Å². The molecule has 0 bridgehead atoms. The minimum atomic E-state index is -3.73. The van der Waals surface area contributed by atoms with Crippen molar-refractivity contribution in [3.05, 3.63) is 18.2 Å². The average Bonchev–Trinajstić information content (AvgIpc) is 2.84. The maximum Gasteiger partial charge on any atom is 0.238 e. The summed E-state index contributed by atoms with van der Waals surface area (Å²) >= 11 is 1.88. The Kier molecular flexibility index (Phi) is 4.51. The molecule has 1 saturated carbocycles. The number of primary sulfonamides is 1. The molecule has 7 heteroatoms. The second-order valence-electron chi connectivity index (χ2n) is 5.28. The maximum absolute atomic E-state index is 11.4. The lowest BCUT2D eigenvalue weighted by Crippen LogP contribution is -2.30. The van der Waals surface area contributed by atoms with E-state index in [4.69, 9.17) is 10.9 Å². The van der Waals surface area contributed by atoms with Crippen molar-refractivity contribution in [3.63, 3.8) is 0 Å². The number of nitrogen functional groups attached to an aromatic ring is 1. The van der Waals surface area contributed by atoms with Gasteiger partial charge in [-0.25, -0.2) is 13.6 Å². The van der Waals surface area contributed by atoms with Crippen LogP contribution < -0.4 is 16.2 Å². The van der Waals surface area contributed by atoms with E-state index in [9.17, 15) is 8.42 Å². The zero-order valence-electron chi connectivity index (χ0n) is 11.6. The van der Waals surface area contributed by atoms with E-state index in [0.29, 0.717) is 11.4 Å². The highest BCUT2D eigenvalue weighted by Crippen LogP contribution is 2.40. The molecule has 1 aromatic carbocycles. The zero-order chi connectivity index (χ0) is 14.8. The molecular formula is C13H21N3O2S2. The molecule has 0 radical (unpaired) electrons. The van der Waals surface area contributed by atoms with Crippen LogP contribution in [0.3, 0.4) is 0 Å². The summed E-state index contributed by atoms with van der Waals surface area (Å²) in [6.45, 7) is 0.807. The van der Waals surface area contributed by atoms with Crippen molar-refractivity contribution < 1.29 is 8.42 Å². The van der Waals surface area contributed by atoms with E-state index in [0.717, 1.165) is 6.54 Å². The van der Waals surface area contributed by atoms with E-state index >= 15 is 0 Å². The lowest BCUT2D eigenvalue weighted by atomic mass is 10.1. The first-order valence-corrected chi connectivity index (χ1v) is 9.34. The molecule has 1 aliphatic rings. The number of sulfonamides is 1. The first-order valence-electron chi connectivity index (χ1n) is 6.57. The van der Waals surface area contributed by atoms with E-state index in [-0.39, 0.29) is 9.64 Å². The normalized spacial score (nSPS) is 18.1. The van der Waals surface area contributed by atoms with Crippen LogP contribution in [0.2, 0.25) is 0 Å². The highest BCUT2D eigenvalue weighted by molar-refractivity contribution is 8.00. The van der Waals surface area contributed by atoms with Crippen LogP contribution in [0.1, 0.15) is 25.7 Å². The van der Waals surface area contributed by atoms with Crippen molar-refractivity contribution in [2.24, 2.45) is 5.14 Å². The molecule has 5 nitrogen and oxygen atoms in total. The summed E-state index contributed by atoms with van der Waals surface area (Å²) in [6, 6.07) is 4.65. The number of nitrogens with two attached hydrogens (primary N) is 2. The summed E-state index contributed by atoms with van der Waals surface area (Å²) in [4.78, 5) is 0.0459. The van der Waals surface area contributed by atoms with Gasteiger partial charge in [-0.15, -0.1) is 0 Å². The second kappa shape index (κ2) is 5.83. The van der Waals surface area contributed by atoms with Crippen molar-refractivity contribution >= 4 is 33.2 Å². The Morgan fingerprint density at radius 1 is 1.30 bits per heavy atom. The summed E-state index contributed by atoms with van der Waals surface area (Å²) in [5.41, 5.74) is 6.84. The van der Waals surface area contributed by atoms with E-state index in [1.54, 1.807) is 6.07 Å². The molecule has 0 aliphatic heterocycles. The fourth-order valence-electron chi connectivity index (χ4n) is 2.62. The van der Waals surface area contributed by atoms with Gasteiger partial charge in [-0.2, -0.15) is 11.8 Å². The van der Waals surface area contributed by atoms with Crippen molar-refractivity contribution in [2.75, 3.05) is 23.9 Å². The van der Waals surface area contributed by atoms with Crippen LogP contribution in [0, 0.1) is 0 Å². The highest BCUT2D eigenvalue weighted by atomic mass is 32.2. The minimum absolute atomic E-state index is 0.0459. The Hall–Kier alpha value is -0.920. The van der Waals surface area contributed by atoms with Crippen LogP contribution >= 0.6 is 11.8 Å². The van der Waals surface area contributed by atoms with Gasteiger partial charge in [-0.05, 0) is 37.3 Å². The fraction of sp³-hybridized carbons (Fsp3) is 0.538. The monoisotopic (exact) mass is 315 g/mol. The van der Waals surface area contributed by atoms with Gasteiger partial charge in [0.2, 0.25) is 10.0 Å². The minimum Gasteiger partial charge on any atom is -0.399 e. The third-order valence-corrected chi connectivity index (χ3v) is 6.13. The largest absolute Gasteiger partial charge is 0.399 e. The van der Waals surface area contributed by atoms with E-state index in [2.05, 4.69) is 11.6 Å². The number of hydrogen-bond acceptors (Lipinski definition) is 5. The van der Waals surface area contributed by atoms with Gasteiger partial charge in [-0.1, -0.05) is 12.8 Å². The molecule has 0 aromatic heterocycles. The topological polar surface area (TPSA) is 98.2 Å². The van der Waals surface area contributed by atoms with Crippen LogP contribution in [-0.4, -0.2) is 26.0 Å². The quantitative estimate of drug-likeness (QED) is 0.722. The second-order valence-corrected chi connectivity index (χ2v) is 8.12. The predicted molar refractivity (Wildman–Crippen MR) is 85.4 cm³/mol. The Morgan fingerprint density at radius 3 is 2.50 bits per heavy atom. The highest BCUT2D eigenvalue weighted by Gasteiger charge is 2.32. The van der Waals surface area contributed by atoms with Crippen molar-refractivity contribution in [1.82, 2.24) is 0 Å². The summed E-state index contributed by atoms with van der Waals surface area (Å²) in [7, 11) is -3.73. The predicted octanol–water partition coefficient (Wildman–Crippen LogP) is 2.00. The molecule has 0 spiro atoms. The van der Waals surface area contributed by atoms with Crippen molar-refractivity contribution in [3.8, 4) is 0 Å². The van der Waals surface area contributed by atoms with E-state index < -0.39 is 10.0 Å². The third-order valence-electron chi connectivity index (χ3n) is 3.82. The van der Waals surface area contributed by atoms with Crippen molar-refractivity contribution in [1.29, 1.82) is 0 Å². The molecule has 0 amide bonds. The Balaban J connectivity index is 2.15. The van der Waals surface area contributed by atoms with Crippen LogP contribution in [0.4, 0.5) is 11.4 Å². The smallest absolute Gasteiger partial charge is 0.238 e. The van der Waals surface area contributed by atoms with E-state index in [1.165, 1.54) is 37.8 Å². The molecule has 1 fully saturated rings. The molecule has 0 heterocycles. The maximum atomic E-state index is 11.4. The number of benzene rings is 1. The molecule has 1 aromatic rings. The number of nitrogens with one attached hydrogen (secondary N) is 1. The first kappa shape index (κ1) is 15.5.